The number of hydrogen-bond acceptors (Lipinski definition) is 3. The second-order valence-corrected chi connectivity index (χ2v) is 4.06. The van der Waals surface area contributed by atoms with Crippen LogP contribution in [0.25, 0.3) is 0 Å². The Morgan fingerprint density at radius 1 is 1.47 bits per heavy atom. The van der Waals surface area contributed by atoms with Crippen molar-refractivity contribution >= 4 is 18.6 Å². The molecule has 3 heteroatoms. The van der Waals surface area contributed by atoms with Crippen molar-refractivity contribution in [1.29, 1.82) is 0 Å². The van der Waals surface area contributed by atoms with Crippen molar-refractivity contribution in [1.82, 2.24) is 0 Å². The molecule has 1 atom stereocenters. The summed E-state index contributed by atoms with van der Waals surface area (Å²) in [6.45, 7) is 3.52. The minimum absolute atomic E-state index is 0.130. The zero-order valence-electron chi connectivity index (χ0n) is 9.06. The van der Waals surface area contributed by atoms with E-state index in [-0.39, 0.29) is 11.2 Å². The summed E-state index contributed by atoms with van der Waals surface area (Å²) < 4.78 is 5.13. The molecule has 0 saturated heterocycles. The zero-order chi connectivity index (χ0) is 11.3. The van der Waals surface area contributed by atoms with Gasteiger partial charge in [0.15, 0.2) is 0 Å². The van der Waals surface area contributed by atoms with Gasteiger partial charge >= 0.3 is 5.97 Å². The molecular weight excluding hydrogens is 208 g/mol. The second-order valence-electron chi connectivity index (χ2n) is 3.44. The van der Waals surface area contributed by atoms with Crippen LogP contribution in [0.15, 0.2) is 24.3 Å². The van der Waals surface area contributed by atoms with Crippen LogP contribution in [0.2, 0.25) is 0 Å². The van der Waals surface area contributed by atoms with Gasteiger partial charge in [0, 0.05) is 17.7 Å². The quantitative estimate of drug-likeness (QED) is 0.482. The first-order valence-corrected chi connectivity index (χ1v) is 5.62. The fraction of sp³-hybridized carbons (Fsp3) is 0.417. The average molecular weight is 224 g/mol. The van der Waals surface area contributed by atoms with E-state index in [4.69, 9.17) is 4.74 Å². The summed E-state index contributed by atoms with van der Waals surface area (Å²) in [5.74, 6) is 0.331. The van der Waals surface area contributed by atoms with Crippen LogP contribution in [0, 0.1) is 0 Å². The molecule has 0 aliphatic heterocycles. The van der Waals surface area contributed by atoms with Crippen LogP contribution in [0.3, 0.4) is 0 Å². The van der Waals surface area contributed by atoms with Crippen molar-refractivity contribution in [3.8, 4) is 5.75 Å². The third-order valence-electron chi connectivity index (χ3n) is 2.09. The maximum Gasteiger partial charge on any atom is 0.308 e. The normalized spacial score (nSPS) is 12.2. The van der Waals surface area contributed by atoms with Gasteiger partial charge in [-0.1, -0.05) is 31.5 Å². The zero-order valence-corrected chi connectivity index (χ0v) is 9.96. The summed E-state index contributed by atoms with van der Waals surface area (Å²) in [5.41, 5.74) is 0.984. The highest BCUT2D eigenvalue weighted by Gasteiger charge is 2.12. The summed E-state index contributed by atoms with van der Waals surface area (Å²) in [5, 5.41) is 0.130. The predicted octanol–water partition coefficient (Wildman–Crippen LogP) is 3.38. The Labute approximate surface area is 96.1 Å². The molecule has 0 aliphatic rings. The summed E-state index contributed by atoms with van der Waals surface area (Å²) in [6, 6.07) is 7.54. The molecule has 1 aromatic rings. The van der Waals surface area contributed by atoms with E-state index in [0.29, 0.717) is 5.75 Å². The fourth-order valence-corrected chi connectivity index (χ4v) is 1.90. The van der Waals surface area contributed by atoms with Gasteiger partial charge in [-0.2, -0.15) is 12.6 Å². The number of hydrogen-bond donors (Lipinski definition) is 1. The third kappa shape index (κ3) is 3.59. The molecule has 0 heterocycles. The first-order valence-electron chi connectivity index (χ1n) is 5.10. The third-order valence-corrected chi connectivity index (χ3v) is 2.63. The van der Waals surface area contributed by atoms with Crippen molar-refractivity contribution in [2.24, 2.45) is 0 Å². The molecule has 82 valence electrons. The van der Waals surface area contributed by atoms with E-state index in [1.54, 1.807) is 6.07 Å². The van der Waals surface area contributed by atoms with Gasteiger partial charge in [0.05, 0.1) is 0 Å². The average Bonchev–Trinajstić information content (AvgIpc) is 2.18. The smallest absolute Gasteiger partial charge is 0.308 e. The molecule has 0 aliphatic carbocycles. The standard InChI is InChI=1S/C12H16O2S/c1-3-6-12(15)10-7-4-5-8-11(10)14-9(2)13/h4-5,7-8,12,15H,3,6H2,1-2H3. The Morgan fingerprint density at radius 2 is 2.13 bits per heavy atom. The molecule has 0 saturated carbocycles. The molecule has 1 unspecified atom stereocenters. The minimum Gasteiger partial charge on any atom is -0.426 e. The van der Waals surface area contributed by atoms with E-state index < -0.39 is 0 Å². The number of benzene rings is 1. The van der Waals surface area contributed by atoms with Gasteiger partial charge in [-0.05, 0) is 12.5 Å². The van der Waals surface area contributed by atoms with Crippen molar-refractivity contribution in [3.05, 3.63) is 29.8 Å². The molecule has 2 nitrogen and oxygen atoms in total. The van der Waals surface area contributed by atoms with Crippen LogP contribution in [0.4, 0.5) is 0 Å². The Bertz CT molecular complexity index is 336. The van der Waals surface area contributed by atoms with Gasteiger partial charge in [-0.25, -0.2) is 0 Å². The maximum atomic E-state index is 10.9. The van der Waals surface area contributed by atoms with E-state index in [9.17, 15) is 4.79 Å². The summed E-state index contributed by atoms with van der Waals surface area (Å²) in [4.78, 5) is 10.9. The van der Waals surface area contributed by atoms with Crippen LogP contribution in [0.1, 0.15) is 37.5 Å². The Kier molecular flexibility index (Phi) is 4.69. The largest absolute Gasteiger partial charge is 0.426 e. The van der Waals surface area contributed by atoms with Gasteiger partial charge < -0.3 is 4.74 Å². The molecule has 0 aromatic heterocycles. The lowest BCUT2D eigenvalue weighted by Gasteiger charge is -2.13. The van der Waals surface area contributed by atoms with Crippen LogP contribution in [-0.4, -0.2) is 5.97 Å². The van der Waals surface area contributed by atoms with E-state index in [0.717, 1.165) is 18.4 Å². The fourth-order valence-electron chi connectivity index (χ4n) is 1.43. The van der Waals surface area contributed by atoms with Gasteiger partial charge in [0.1, 0.15) is 5.75 Å². The van der Waals surface area contributed by atoms with Crippen LogP contribution >= 0.6 is 12.6 Å². The molecule has 0 spiro atoms. The molecule has 1 aromatic carbocycles. The highest BCUT2D eigenvalue weighted by atomic mass is 32.1. The maximum absolute atomic E-state index is 10.9. The molecule has 0 fully saturated rings. The molecule has 0 bridgehead atoms. The van der Waals surface area contributed by atoms with Crippen molar-refractivity contribution in [3.63, 3.8) is 0 Å². The predicted molar refractivity (Wildman–Crippen MR) is 64.4 cm³/mol. The summed E-state index contributed by atoms with van der Waals surface area (Å²) in [7, 11) is 0. The minimum atomic E-state index is -0.292. The molecule has 1 rings (SSSR count). The number of carbonyl (C=O) groups excluding carboxylic acids is 1. The van der Waals surface area contributed by atoms with Crippen LogP contribution in [0.5, 0.6) is 5.75 Å². The van der Waals surface area contributed by atoms with Gasteiger partial charge in [0.25, 0.3) is 0 Å². The number of rotatable bonds is 4. The molecular formula is C12H16O2S. The number of esters is 1. The Morgan fingerprint density at radius 3 is 2.73 bits per heavy atom. The van der Waals surface area contributed by atoms with Crippen LogP contribution in [-0.2, 0) is 4.79 Å². The van der Waals surface area contributed by atoms with Gasteiger partial charge in [-0.15, -0.1) is 0 Å². The number of ether oxygens (including phenoxy) is 1. The first kappa shape index (κ1) is 12.1. The topological polar surface area (TPSA) is 26.3 Å². The lowest BCUT2D eigenvalue weighted by molar-refractivity contribution is -0.131. The first-order chi connectivity index (χ1) is 7.15. The van der Waals surface area contributed by atoms with E-state index in [1.807, 2.05) is 18.2 Å². The van der Waals surface area contributed by atoms with E-state index in [1.165, 1.54) is 6.92 Å². The SMILES string of the molecule is CCCC(S)c1ccccc1OC(C)=O. The second kappa shape index (κ2) is 5.81. The number of thiol groups is 1. The molecule has 0 N–H and O–H groups in total. The number of carbonyl (C=O) groups is 1. The number of para-hydroxylation sites is 1. The van der Waals surface area contributed by atoms with Crippen molar-refractivity contribution < 1.29 is 9.53 Å². The monoisotopic (exact) mass is 224 g/mol. The van der Waals surface area contributed by atoms with Gasteiger partial charge in [-0.3, -0.25) is 4.79 Å². The Hall–Kier alpha value is -0.960. The van der Waals surface area contributed by atoms with Gasteiger partial charge in [0.2, 0.25) is 0 Å². The van der Waals surface area contributed by atoms with Crippen molar-refractivity contribution in [2.45, 2.75) is 31.9 Å². The highest BCUT2D eigenvalue weighted by molar-refractivity contribution is 7.80. The lowest BCUT2D eigenvalue weighted by Crippen LogP contribution is -2.04. The highest BCUT2D eigenvalue weighted by Crippen LogP contribution is 2.32. The summed E-state index contributed by atoms with van der Waals surface area (Å²) >= 11 is 4.50. The molecule has 15 heavy (non-hydrogen) atoms. The molecule has 0 amide bonds. The Balaban J connectivity index is 2.89. The van der Waals surface area contributed by atoms with Crippen LogP contribution < -0.4 is 4.74 Å². The molecule has 0 radical (unpaired) electrons. The van der Waals surface area contributed by atoms with Crippen molar-refractivity contribution in [2.75, 3.05) is 0 Å². The van der Waals surface area contributed by atoms with E-state index in [2.05, 4.69) is 19.6 Å². The lowest BCUT2D eigenvalue weighted by atomic mass is 10.1. The summed E-state index contributed by atoms with van der Waals surface area (Å²) in [6.07, 6.45) is 2.03. The van der Waals surface area contributed by atoms with E-state index >= 15 is 0 Å².